The first-order valence-electron chi connectivity index (χ1n) is 4.55. The molecule has 0 heterocycles. The van der Waals surface area contributed by atoms with Crippen LogP contribution in [0.3, 0.4) is 0 Å². The van der Waals surface area contributed by atoms with Crippen molar-refractivity contribution >= 4 is 11.6 Å². The van der Waals surface area contributed by atoms with Gasteiger partial charge in [0.05, 0.1) is 7.11 Å². The summed E-state index contributed by atoms with van der Waals surface area (Å²) in [4.78, 5) is 0. The molecule has 0 aromatic heterocycles. The van der Waals surface area contributed by atoms with Crippen LogP contribution in [0.4, 0.5) is 0 Å². The lowest BCUT2D eigenvalue weighted by Gasteiger charge is -2.25. The summed E-state index contributed by atoms with van der Waals surface area (Å²) >= 11 is 5.88. The first kappa shape index (κ1) is 11.3. The number of hydrogen-bond donors (Lipinski definition) is 1. The molecule has 0 bridgehead atoms. The Hall–Kier alpha value is -0.730. The van der Waals surface area contributed by atoms with Crippen molar-refractivity contribution in [2.75, 3.05) is 13.7 Å². The summed E-state index contributed by atoms with van der Waals surface area (Å²) in [7, 11) is 1.64. The molecule has 1 aromatic rings. The van der Waals surface area contributed by atoms with Gasteiger partial charge in [0.25, 0.3) is 0 Å². The van der Waals surface area contributed by atoms with Crippen LogP contribution in [0.15, 0.2) is 18.2 Å². The molecule has 0 fully saturated rings. The number of ether oxygens (including phenoxy) is 1. The van der Waals surface area contributed by atoms with Gasteiger partial charge in [-0.3, -0.25) is 0 Å². The molecule has 14 heavy (non-hydrogen) atoms. The van der Waals surface area contributed by atoms with Crippen molar-refractivity contribution in [1.29, 1.82) is 0 Å². The van der Waals surface area contributed by atoms with E-state index < -0.39 is 0 Å². The average Bonchev–Trinajstić information content (AvgIpc) is 2.17. The van der Waals surface area contributed by atoms with E-state index in [2.05, 4.69) is 13.8 Å². The second-order valence-electron chi connectivity index (χ2n) is 3.93. The molecule has 3 heteroatoms. The number of methoxy groups -OCH3 is 1. The molecular formula is C11H16ClNO. The number of nitrogens with two attached hydrogens (primary N) is 1. The fourth-order valence-corrected chi connectivity index (χ4v) is 1.50. The standard InChI is InChI=1S/C11H16ClNO/c1-11(2,7-13)9-5-4-8(12)6-10(9)14-3/h4-6H,7,13H2,1-3H3. The molecule has 0 aliphatic heterocycles. The van der Waals surface area contributed by atoms with Gasteiger partial charge in [0.1, 0.15) is 5.75 Å². The highest BCUT2D eigenvalue weighted by Gasteiger charge is 2.22. The Morgan fingerprint density at radius 3 is 2.57 bits per heavy atom. The summed E-state index contributed by atoms with van der Waals surface area (Å²) < 4.78 is 5.27. The van der Waals surface area contributed by atoms with Crippen LogP contribution in [-0.4, -0.2) is 13.7 Å². The molecule has 2 N–H and O–H groups in total. The summed E-state index contributed by atoms with van der Waals surface area (Å²) in [5.74, 6) is 0.799. The topological polar surface area (TPSA) is 35.2 Å². The Bertz CT molecular complexity index is 323. The maximum absolute atomic E-state index is 5.88. The van der Waals surface area contributed by atoms with Crippen molar-refractivity contribution < 1.29 is 4.74 Å². The van der Waals surface area contributed by atoms with Crippen molar-refractivity contribution in [1.82, 2.24) is 0 Å². The molecule has 0 atom stereocenters. The van der Waals surface area contributed by atoms with E-state index in [0.717, 1.165) is 11.3 Å². The molecular weight excluding hydrogens is 198 g/mol. The molecule has 0 spiro atoms. The van der Waals surface area contributed by atoms with Gasteiger partial charge in [0.2, 0.25) is 0 Å². The summed E-state index contributed by atoms with van der Waals surface area (Å²) in [6.45, 7) is 4.74. The first-order valence-corrected chi connectivity index (χ1v) is 4.93. The van der Waals surface area contributed by atoms with E-state index in [1.807, 2.05) is 18.2 Å². The lowest BCUT2D eigenvalue weighted by atomic mass is 9.84. The molecule has 2 nitrogen and oxygen atoms in total. The molecule has 0 unspecified atom stereocenters. The largest absolute Gasteiger partial charge is 0.496 e. The second-order valence-corrected chi connectivity index (χ2v) is 4.37. The van der Waals surface area contributed by atoms with Crippen molar-refractivity contribution in [2.24, 2.45) is 5.73 Å². The van der Waals surface area contributed by atoms with E-state index in [9.17, 15) is 0 Å². The fraction of sp³-hybridized carbons (Fsp3) is 0.455. The Balaban J connectivity index is 3.20. The van der Waals surface area contributed by atoms with Crippen LogP contribution in [0.1, 0.15) is 19.4 Å². The third-order valence-electron chi connectivity index (χ3n) is 2.40. The molecule has 0 radical (unpaired) electrons. The Kier molecular flexibility index (Phi) is 3.40. The maximum atomic E-state index is 5.88. The molecule has 0 amide bonds. The van der Waals surface area contributed by atoms with Crippen LogP contribution in [0.5, 0.6) is 5.75 Å². The molecule has 0 saturated heterocycles. The van der Waals surface area contributed by atoms with E-state index in [-0.39, 0.29) is 5.41 Å². The lowest BCUT2D eigenvalue weighted by molar-refractivity contribution is 0.394. The van der Waals surface area contributed by atoms with Crippen LogP contribution in [-0.2, 0) is 5.41 Å². The molecule has 0 aliphatic rings. The minimum absolute atomic E-state index is 0.0874. The minimum atomic E-state index is -0.0874. The van der Waals surface area contributed by atoms with Crippen molar-refractivity contribution in [3.63, 3.8) is 0 Å². The smallest absolute Gasteiger partial charge is 0.124 e. The lowest BCUT2D eigenvalue weighted by Crippen LogP contribution is -2.28. The number of hydrogen-bond acceptors (Lipinski definition) is 2. The Morgan fingerprint density at radius 1 is 1.43 bits per heavy atom. The van der Waals surface area contributed by atoms with Gasteiger partial charge >= 0.3 is 0 Å². The number of rotatable bonds is 3. The SMILES string of the molecule is COc1cc(Cl)ccc1C(C)(C)CN. The summed E-state index contributed by atoms with van der Waals surface area (Å²) in [5.41, 5.74) is 6.71. The maximum Gasteiger partial charge on any atom is 0.124 e. The Morgan fingerprint density at radius 2 is 2.07 bits per heavy atom. The van der Waals surface area contributed by atoms with Gasteiger partial charge in [-0.15, -0.1) is 0 Å². The van der Waals surface area contributed by atoms with Crippen LogP contribution < -0.4 is 10.5 Å². The molecule has 1 aromatic carbocycles. The second kappa shape index (κ2) is 4.20. The van der Waals surface area contributed by atoms with E-state index in [4.69, 9.17) is 22.1 Å². The van der Waals surface area contributed by atoms with Gasteiger partial charge < -0.3 is 10.5 Å². The summed E-state index contributed by atoms with van der Waals surface area (Å²) in [6, 6.07) is 5.64. The van der Waals surface area contributed by atoms with Gasteiger partial charge in [-0.1, -0.05) is 31.5 Å². The normalized spacial score (nSPS) is 11.5. The summed E-state index contributed by atoms with van der Waals surface area (Å²) in [6.07, 6.45) is 0. The number of benzene rings is 1. The van der Waals surface area contributed by atoms with Crippen LogP contribution in [0.25, 0.3) is 0 Å². The highest BCUT2D eigenvalue weighted by atomic mass is 35.5. The predicted octanol–water partition coefficient (Wildman–Crippen LogP) is 2.58. The van der Waals surface area contributed by atoms with Gasteiger partial charge in [0, 0.05) is 22.5 Å². The summed E-state index contributed by atoms with van der Waals surface area (Å²) in [5, 5.41) is 0.679. The van der Waals surface area contributed by atoms with Gasteiger partial charge in [-0.05, 0) is 12.1 Å². The third kappa shape index (κ3) is 2.20. The van der Waals surface area contributed by atoms with E-state index in [1.165, 1.54) is 0 Å². The number of halogens is 1. The van der Waals surface area contributed by atoms with Crippen molar-refractivity contribution in [2.45, 2.75) is 19.3 Å². The van der Waals surface area contributed by atoms with E-state index in [1.54, 1.807) is 7.11 Å². The molecule has 78 valence electrons. The van der Waals surface area contributed by atoms with Crippen LogP contribution in [0.2, 0.25) is 5.02 Å². The molecule has 1 rings (SSSR count). The van der Waals surface area contributed by atoms with E-state index in [0.29, 0.717) is 11.6 Å². The minimum Gasteiger partial charge on any atom is -0.496 e. The molecule has 0 aliphatic carbocycles. The van der Waals surface area contributed by atoms with Gasteiger partial charge in [0.15, 0.2) is 0 Å². The Labute approximate surface area is 90.0 Å². The van der Waals surface area contributed by atoms with Crippen LogP contribution in [0, 0.1) is 0 Å². The molecule has 0 saturated carbocycles. The zero-order chi connectivity index (χ0) is 10.8. The van der Waals surface area contributed by atoms with Crippen molar-refractivity contribution in [3.8, 4) is 5.75 Å². The van der Waals surface area contributed by atoms with Gasteiger partial charge in [-0.2, -0.15) is 0 Å². The van der Waals surface area contributed by atoms with Crippen LogP contribution >= 0.6 is 11.6 Å². The average molecular weight is 214 g/mol. The monoisotopic (exact) mass is 213 g/mol. The zero-order valence-corrected chi connectivity index (χ0v) is 9.56. The third-order valence-corrected chi connectivity index (χ3v) is 2.64. The zero-order valence-electron chi connectivity index (χ0n) is 8.80. The van der Waals surface area contributed by atoms with E-state index >= 15 is 0 Å². The highest BCUT2D eigenvalue weighted by Crippen LogP contribution is 2.32. The predicted molar refractivity (Wildman–Crippen MR) is 60.1 cm³/mol. The fourth-order valence-electron chi connectivity index (χ4n) is 1.33. The van der Waals surface area contributed by atoms with Gasteiger partial charge in [-0.25, -0.2) is 0 Å². The first-order chi connectivity index (χ1) is 6.51. The van der Waals surface area contributed by atoms with Crippen molar-refractivity contribution in [3.05, 3.63) is 28.8 Å². The quantitative estimate of drug-likeness (QED) is 0.838. The highest BCUT2D eigenvalue weighted by molar-refractivity contribution is 6.30.